The van der Waals surface area contributed by atoms with Gasteiger partial charge in [-0.2, -0.15) is 0 Å². The number of carbonyl (C=O) groups is 1. The first-order valence-corrected chi connectivity index (χ1v) is 11.6. The molecule has 1 aromatic heterocycles. The summed E-state index contributed by atoms with van der Waals surface area (Å²) < 4.78 is 5.28. The molecule has 2 aromatic rings. The van der Waals surface area contributed by atoms with Crippen molar-refractivity contribution in [3.63, 3.8) is 0 Å². The monoisotopic (exact) mass is 426 g/mol. The lowest BCUT2D eigenvalue weighted by Gasteiger charge is -2.45. The number of carbonyl (C=O) groups excluding carboxylic acids is 1. The van der Waals surface area contributed by atoms with Crippen LogP contribution in [-0.4, -0.2) is 71.6 Å². The standard InChI is InChI=1S/C24H34N4O3/c1-31-16-15-28(17-18-7-6-14-27-13-5-4-10-21(18)27)23(29)12-11-22-25-20-9-3-2-8-19(20)24(30)26-22/h2-3,8-9,18,21H,4-7,10-17H2,1H3,(H,25,26,30)/t18-,21+/m1/s1. The van der Waals surface area contributed by atoms with E-state index < -0.39 is 0 Å². The molecule has 0 saturated carbocycles. The van der Waals surface area contributed by atoms with Gasteiger partial charge in [0.25, 0.3) is 5.56 Å². The molecule has 1 amide bonds. The minimum Gasteiger partial charge on any atom is -0.383 e. The zero-order valence-corrected chi connectivity index (χ0v) is 18.5. The number of aromatic nitrogens is 2. The van der Waals surface area contributed by atoms with Crippen LogP contribution in [0.4, 0.5) is 0 Å². The summed E-state index contributed by atoms with van der Waals surface area (Å²) in [6, 6.07) is 7.91. The van der Waals surface area contributed by atoms with Crippen molar-refractivity contribution in [3.05, 3.63) is 40.4 Å². The lowest BCUT2D eigenvalue weighted by Crippen LogP contribution is -2.52. The maximum absolute atomic E-state index is 13.1. The number of ether oxygens (including phenoxy) is 1. The molecular formula is C24H34N4O3. The van der Waals surface area contributed by atoms with Crippen LogP contribution in [0.5, 0.6) is 0 Å². The van der Waals surface area contributed by atoms with Crippen molar-refractivity contribution >= 4 is 16.8 Å². The Kier molecular flexibility index (Phi) is 7.35. The molecule has 0 unspecified atom stereocenters. The van der Waals surface area contributed by atoms with Crippen molar-refractivity contribution < 1.29 is 9.53 Å². The first kappa shape index (κ1) is 22.0. The second kappa shape index (κ2) is 10.4. The third kappa shape index (κ3) is 5.33. The van der Waals surface area contributed by atoms with Gasteiger partial charge in [-0.1, -0.05) is 18.6 Å². The fraction of sp³-hybridized carbons (Fsp3) is 0.625. The number of methoxy groups -OCH3 is 1. The van der Waals surface area contributed by atoms with Crippen LogP contribution in [0.2, 0.25) is 0 Å². The number of amides is 1. The minimum atomic E-state index is -0.149. The zero-order valence-electron chi connectivity index (χ0n) is 18.5. The molecule has 168 valence electrons. The fourth-order valence-corrected chi connectivity index (χ4v) is 5.23. The van der Waals surface area contributed by atoms with E-state index in [1.165, 1.54) is 45.2 Å². The molecule has 2 aliphatic heterocycles. The van der Waals surface area contributed by atoms with Gasteiger partial charge in [-0.15, -0.1) is 0 Å². The van der Waals surface area contributed by atoms with E-state index in [-0.39, 0.29) is 11.5 Å². The van der Waals surface area contributed by atoms with Crippen molar-refractivity contribution in [3.8, 4) is 0 Å². The third-order valence-electron chi connectivity index (χ3n) is 6.84. The average molecular weight is 427 g/mol. The number of aryl methyl sites for hydroxylation is 1. The predicted octanol–water partition coefficient (Wildman–Crippen LogP) is 2.60. The van der Waals surface area contributed by atoms with E-state index in [1.54, 1.807) is 13.2 Å². The van der Waals surface area contributed by atoms with E-state index in [2.05, 4.69) is 14.9 Å². The molecule has 0 spiro atoms. The predicted molar refractivity (Wildman–Crippen MR) is 121 cm³/mol. The fourth-order valence-electron chi connectivity index (χ4n) is 5.23. The highest BCUT2D eigenvalue weighted by Gasteiger charge is 2.34. The molecular weight excluding hydrogens is 392 g/mol. The van der Waals surface area contributed by atoms with Crippen molar-refractivity contribution in [1.29, 1.82) is 0 Å². The smallest absolute Gasteiger partial charge is 0.258 e. The van der Waals surface area contributed by atoms with Crippen molar-refractivity contribution in [2.45, 2.75) is 51.0 Å². The Bertz CT molecular complexity index is 942. The van der Waals surface area contributed by atoms with Crippen molar-refractivity contribution in [2.24, 2.45) is 5.92 Å². The van der Waals surface area contributed by atoms with Crippen LogP contribution in [-0.2, 0) is 16.0 Å². The molecule has 2 aliphatic rings. The number of rotatable bonds is 8. The molecule has 7 nitrogen and oxygen atoms in total. The summed E-state index contributed by atoms with van der Waals surface area (Å²) in [6.07, 6.45) is 7.03. The molecule has 0 aliphatic carbocycles. The number of nitrogens with one attached hydrogen (secondary N) is 1. The summed E-state index contributed by atoms with van der Waals surface area (Å²) in [6.45, 7) is 4.35. The molecule has 4 rings (SSSR count). The lowest BCUT2D eigenvalue weighted by molar-refractivity contribution is -0.133. The molecule has 2 saturated heterocycles. The molecule has 0 bridgehead atoms. The van der Waals surface area contributed by atoms with E-state index in [9.17, 15) is 9.59 Å². The highest BCUT2D eigenvalue weighted by molar-refractivity contribution is 5.78. The second-order valence-corrected chi connectivity index (χ2v) is 8.86. The minimum absolute atomic E-state index is 0.112. The van der Waals surface area contributed by atoms with E-state index in [1.807, 2.05) is 23.1 Å². The number of nitrogens with zero attached hydrogens (tertiary/aromatic N) is 3. The van der Waals surface area contributed by atoms with Gasteiger partial charge in [0.15, 0.2) is 0 Å². The quantitative estimate of drug-likeness (QED) is 0.702. The Hall–Kier alpha value is -2.25. The number of benzene rings is 1. The van der Waals surface area contributed by atoms with Crippen LogP contribution >= 0.6 is 0 Å². The number of fused-ring (bicyclic) bond motifs is 2. The van der Waals surface area contributed by atoms with Crippen LogP contribution in [0.3, 0.4) is 0 Å². The number of H-pyrrole nitrogens is 1. The molecule has 1 N–H and O–H groups in total. The molecule has 1 aromatic carbocycles. The van der Waals surface area contributed by atoms with E-state index in [0.29, 0.717) is 54.7 Å². The van der Waals surface area contributed by atoms with Gasteiger partial charge in [0.1, 0.15) is 5.82 Å². The Balaban J connectivity index is 1.41. The number of para-hydroxylation sites is 1. The van der Waals surface area contributed by atoms with Gasteiger partial charge in [0.05, 0.1) is 17.5 Å². The Morgan fingerprint density at radius 3 is 2.94 bits per heavy atom. The number of aromatic amines is 1. The summed E-state index contributed by atoms with van der Waals surface area (Å²) in [5, 5.41) is 0.577. The van der Waals surface area contributed by atoms with Gasteiger partial charge in [-0.25, -0.2) is 4.98 Å². The first-order valence-electron chi connectivity index (χ1n) is 11.6. The summed E-state index contributed by atoms with van der Waals surface area (Å²) in [5.74, 6) is 1.22. The first-order chi connectivity index (χ1) is 15.2. The van der Waals surface area contributed by atoms with Crippen LogP contribution < -0.4 is 5.56 Å². The molecule has 0 radical (unpaired) electrons. The van der Waals surface area contributed by atoms with E-state index >= 15 is 0 Å². The summed E-state index contributed by atoms with van der Waals surface area (Å²) in [5.41, 5.74) is 0.522. The third-order valence-corrected chi connectivity index (χ3v) is 6.84. The van der Waals surface area contributed by atoms with Gasteiger partial charge in [-0.3, -0.25) is 9.59 Å². The van der Waals surface area contributed by atoms with Crippen molar-refractivity contribution in [1.82, 2.24) is 19.8 Å². The van der Waals surface area contributed by atoms with Crippen LogP contribution in [0, 0.1) is 5.92 Å². The maximum atomic E-state index is 13.1. The van der Waals surface area contributed by atoms with E-state index in [4.69, 9.17) is 4.74 Å². The Morgan fingerprint density at radius 2 is 2.06 bits per heavy atom. The Morgan fingerprint density at radius 1 is 1.23 bits per heavy atom. The van der Waals surface area contributed by atoms with Crippen molar-refractivity contribution in [2.75, 3.05) is 39.9 Å². The number of hydrogen-bond acceptors (Lipinski definition) is 5. The number of hydrogen-bond donors (Lipinski definition) is 1. The maximum Gasteiger partial charge on any atom is 0.258 e. The van der Waals surface area contributed by atoms with Crippen LogP contribution in [0.15, 0.2) is 29.1 Å². The largest absolute Gasteiger partial charge is 0.383 e. The highest BCUT2D eigenvalue weighted by atomic mass is 16.5. The highest BCUT2D eigenvalue weighted by Crippen LogP contribution is 2.31. The normalized spacial score (nSPS) is 21.7. The van der Waals surface area contributed by atoms with Crippen LogP contribution in [0.1, 0.15) is 44.3 Å². The second-order valence-electron chi connectivity index (χ2n) is 8.86. The number of piperidine rings is 2. The van der Waals surface area contributed by atoms with Gasteiger partial charge in [-0.05, 0) is 56.8 Å². The molecule has 3 heterocycles. The Labute approximate surface area is 183 Å². The summed E-state index contributed by atoms with van der Waals surface area (Å²) in [7, 11) is 1.68. The summed E-state index contributed by atoms with van der Waals surface area (Å²) >= 11 is 0. The van der Waals surface area contributed by atoms with Gasteiger partial charge < -0.3 is 19.5 Å². The molecule has 2 atom stereocenters. The molecule has 7 heteroatoms. The molecule has 2 fully saturated rings. The topological polar surface area (TPSA) is 78.5 Å². The van der Waals surface area contributed by atoms with Gasteiger partial charge in [0, 0.05) is 39.1 Å². The van der Waals surface area contributed by atoms with E-state index in [0.717, 1.165) is 6.54 Å². The SMILES string of the molecule is COCCN(C[C@H]1CCCN2CCCC[C@@H]12)C(=O)CCc1nc2ccccc2c(=O)[nH]1. The summed E-state index contributed by atoms with van der Waals surface area (Å²) in [4.78, 5) is 37.4. The van der Waals surface area contributed by atoms with Gasteiger partial charge in [0.2, 0.25) is 5.91 Å². The lowest BCUT2D eigenvalue weighted by atomic mass is 9.83. The van der Waals surface area contributed by atoms with Gasteiger partial charge >= 0.3 is 0 Å². The average Bonchev–Trinajstić information content (AvgIpc) is 2.80. The zero-order chi connectivity index (χ0) is 21.6. The molecule has 31 heavy (non-hydrogen) atoms. The van der Waals surface area contributed by atoms with Crippen LogP contribution in [0.25, 0.3) is 10.9 Å².